The van der Waals surface area contributed by atoms with Crippen LogP contribution in [-0.2, 0) is 35.8 Å². The Morgan fingerprint density at radius 3 is 2.15 bits per heavy atom. The van der Waals surface area contributed by atoms with E-state index in [4.69, 9.17) is 16.3 Å². The van der Waals surface area contributed by atoms with Crippen molar-refractivity contribution >= 4 is 48.9 Å². The van der Waals surface area contributed by atoms with E-state index in [2.05, 4.69) is 5.32 Å². The lowest BCUT2D eigenvalue weighted by molar-refractivity contribution is -0.137. The van der Waals surface area contributed by atoms with E-state index < -0.39 is 54.9 Å². The second-order valence-corrected chi connectivity index (χ2v) is 12.8. The summed E-state index contributed by atoms with van der Waals surface area (Å²) in [5, 5.41) is 1.82. The average molecular weight is 618 g/mol. The van der Waals surface area contributed by atoms with Gasteiger partial charge < -0.3 is 10.1 Å². The number of halogens is 4. The summed E-state index contributed by atoms with van der Waals surface area (Å²) in [5.41, 5.74) is -1.55. The Morgan fingerprint density at radius 1 is 0.925 bits per heavy atom. The number of hydrogen-bond donors (Lipinski definition) is 1. The van der Waals surface area contributed by atoms with Crippen LogP contribution in [0.5, 0.6) is 0 Å². The summed E-state index contributed by atoms with van der Waals surface area (Å²) >= 11 is 5.70. The Balaban J connectivity index is 1.60. The van der Waals surface area contributed by atoms with E-state index >= 15 is 0 Å². The zero-order valence-electron chi connectivity index (χ0n) is 20.6. The van der Waals surface area contributed by atoms with Gasteiger partial charge in [0.15, 0.2) is 0 Å². The van der Waals surface area contributed by atoms with Crippen molar-refractivity contribution in [2.75, 3.05) is 42.5 Å². The minimum Gasteiger partial charge on any atom is -0.379 e. The van der Waals surface area contributed by atoms with Crippen LogP contribution in [0.3, 0.4) is 0 Å². The first-order chi connectivity index (χ1) is 18.8. The molecule has 9 nitrogen and oxygen atoms in total. The van der Waals surface area contributed by atoms with Crippen molar-refractivity contribution in [3.63, 3.8) is 0 Å². The molecule has 0 aliphatic carbocycles. The highest BCUT2D eigenvalue weighted by Gasteiger charge is 2.35. The van der Waals surface area contributed by atoms with Gasteiger partial charge in [0.05, 0.1) is 39.3 Å². The maximum atomic E-state index is 13.5. The van der Waals surface area contributed by atoms with Crippen LogP contribution in [0.25, 0.3) is 0 Å². The number of amides is 1. The number of morpholine rings is 1. The molecule has 0 radical (unpaired) electrons. The zero-order valence-corrected chi connectivity index (χ0v) is 23.0. The Hall–Kier alpha value is -3.17. The summed E-state index contributed by atoms with van der Waals surface area (Å²) in [7, 11) is -8.27. The number of nitrogens with zero attached hydrogens (tertiary/aromatic N) is 2. The number of benzene rings is 3. The second kappa shape index (κ2) is 11.7. The van der Waals surface area contributed by atoms with E-state index in [9.17, 15) is 34.8 Å². The third-order valence-electron chi connectivity index (χ3n) is 5.91. The molecule has 1 heterocycles. The average Bonchev–Trinajstić information content (AvgIpc) is 2.93. The molecule has 1 aliphatic rings. The monoisotopic (exact) mass is 617 g/mol. The van der Waals surface area contributed by atoms with Crippen molar-refractivity contribution in [2.24, 2.45) is 0 Å². The van der Waals surface area contributed by atoms with Gasteiger partial charge in [0.25, 0.3) is 10.0 Å². The Kier molecular flexibility index (Phi) is 8.75. The molecular weight excluding hydrogens is 595 g/mol. The smallest absolute Gasteiger partial charge is 0.379 e. The number of ether oxygens (including phenoxy) is 1. The molecule has 0 aromatic heterocycles. The highest BCUT2D eigenvalue weighted by Crippen LogP contribution is 2.38. The van der Waals surface area contributed by atoms with Gasteiger partial charge in [0.2, 0.25) is 15.9 Å². The SMILES string of the molecule is O=C(CN(c1ccc(Cl)c(C(F)(F)F)c1)S(=O)(=O)c1ccccc1)Nc1ccc(S(=O)(=O)N2CCOCC2)cc1. The molecule has 15 heteroatoms. The van der Waals surface area contributed by atoms with Gasteiger partial charge in [-0.3, -0.25) is 9.10 Å². The van der Waals surface area contributed by atoms with Gasteiger partial charge in [0.1, 0.15) is 6.54 Å². The molecule has 3 aromatic rings. The molecular formula is C25H23ClF3N3O6S2. The van der Waals surface area contributed by atoms with Gasteiger partial charge in [-0.25, -0.2) is 16.8 Å². The van der Waals surface area contributed by atoms with Crippen molar-refractivity contribution in [1.82, 2.24) is 4.31 Å². The molecule has 1 fully saturated rings. The number of alkyl halides is 3. The van der Waals surface area contributed by atoms with E-state index in [0.29, 0.717) is 10.4 Å². The summed E-state index contributed by atoms with van der Waals surface area (Å²) in [6, 6.07) is 14.7. The van der Waals surface area contributed by atoms with Gasteiger partial charge in [0, 0.05) is 18.8 Å². The third kappa shape index (κ3) is 6.58. The van der Waals surface area contributed by atoms with Crippen LogP contribution >= 0.6 is 11.6 Å². The minimum absolute atomic E-state index is 0.0125. The molecule has 3 aromatic carbocycles. The number of sulfonamides is 2. The van der Waals surface area contributed by atoms with Gasteiger partial charge in [-0.1, -0.05) is 29.8 Å². The summed E-state index contributed by atoms with van der Waals surface area (Å²) in [5.74, 6) is -0.883. The van der Waals surface area contributed by atoms with E-state index in [1.165, 1.54) is 52.8 Å². The molecule has 1 amide bonds. The molecule has 1 saturated heterocycles. The topological polar surface area (TPSA) is 113 Å². The van der Waals surface area contributed by atoms with Crippen LogP contribution in [0.15, 0.2) is 82.6 Å². The number of carbonyl (C=O) groups is 1. The standard InChI is InChI=1S/C25H23ClF3N3O6S2/c26-23-11-8-19(16-22(23)25(27,28)29)32(40(36,37)20-4-2-1-3-5-20)17-24(33)30-18-6-9-21(10-7-18)39(34,35)31-12-14-38-15-13-31/h1-11,16H,12-15,17H2,(H,30,33). The van der Waals surface area contributed by atoms with Gasteiger partial charge in [-0.2, -0.15) is 17.5 Å². The first-order valence-corrected chi connectivity index (χ1v) is 15.0. The molecule has 0 spiro atoms. The van der Waals surface area contributed by atoms with E-state index in [1.807, 2.05) is 0 Å². The second-order valence-electron chi connectivity index (χ2n) is 8.58. The first kappa shape index (κ1) is 29.8. The quantitative estimate of drug-likeness (QED) is 0.405. The van der Waals surface area contributed by atoms with E-state index in [0.717, 1.165) is 12.1 Å². The molecule has 1 aliphatic heterocycles. The predicted molar refractivity (Wildman–Crippen MR) is 142 cm³/mol. The molecule has 214 valence electrons. The normalized spacial score (nSPS) is 15.0. The van der Waals surface area contributed by atoms with E-state index in [1.54, 1.807) is 6.07 Å². The lowest BCUT2D eigenvalue weighted by atomic mass is 10.2. The zero-order chi connectivity index (χ0) is 29.1. The highest BCUT2D eigenvalue weighted by atomic mass is 35.5. The predicted octanol–water partition coefficient (Wildman–Crippen LogP) is 4.21. The fourth-order valence-electron chi connectivity index (χ4n) is 3.90. The van der Waals surface area contributed by atoms with Crippen LogP contribution in [0, 0.1) is 0 Å². The third-order valence-corrected chi connectivity index (χ3v) is 9.94. The van der Waals surface area contributed by atoms with Gasteiger partial charge in [-0.15, -0.1) is 0 Å². The molecule has 0 atom stereocenters. The first-order valence-electron chi connectivity index (χ1n) is 11.7. The van der Waals surface area contributed by atoms with Crippen molar-refractivity contribution in [3.05, 3.63) is 83.4 Å². The van der Waals surface area contributed by atoms with Crippen LogP contribution in [-0.4, -0.2) is 59.9 Å². The maximum absolute atomic E-state index is 13.5. The maximum Gasteiger partial charge on any atom is 0.417 e. The number of rotatable bonds is 8. The molecule has 40 heavy (non-hydrogen) atoms. The Morgan fingerprint density at radius 2 is 1.55 bits per heavy atom. The Labute approximate surface area is 234 Å². The van der Waals surface area contributed by atoms with Crippen LogP contribution in [0.2, 0.25) is 5.02 Å². The summed E-state index contributed by atoms with van der Waals surface area (Å²) < 4.78 is 100. The lowest BCUT2D eigenvalue weighted by Crippen LogP contribution is -2.40. The fraction of sp³-hybridized carbons (Fsp3) is 0.240. The number of hydrogen-bond acceptors (Lipinski definition) is 6. The van der Waals surface area contributed by atoms with Crippen molar-refractivity contribution in [1.29, 1.82) is 0 Å². The van der Waals surface area contributed by atoms with Crippen molar-refractivity contribution in [3.8, 4) is 0 Å². The molecule has 0 saturated carbocycles. The van der Waals surface area contributed by atoms with Crippen LogP contribution in [0.4, 0.5) is 24.5 Å². The fourth-order valence-corrected chi connectivity index (χ4v) is 6.96. The van der Waals surface area contributed by atoms with Crippen molar-refractivity contribution in [2.45, 2.75) is 16.0 Å². The summed E-state index contributed by atoms with van der Waals surface area (Å²) in [6.45, 7) is 0.0618. The number of anilines is 2. The molecule has 0 bridgehead atoms. The van der Waals surface area contributed by atoms with Crippen LogP contribution < -0.4 is 9.62 Å². The largest absolute Gasteiger partial charge is 0.417 e. The number of carbonyl (C=O) groups excluding carboxylic acids is 1. The van der Waals surface area contributed by atoms with Crippen LogP contribution in [0.1, 0.15) is 5.56 Å². The van der Waals surface area contributed by atoms with Gasteiger partial charge >= 0.3 is 6.18 Å². The van der Waals surface area contributed by atoms with E-state index in [-0.39, 0.29) is 41.8 Å². The molecule has 1 N–H and O–H groups in total. The molecule has 4 rings (SSSR count). The van der Waals surface area contributed by atoms with Gasteiger partial charge in [-0.05, 0) is 54.6 Å². The minimum atomic E-state index is -4.87. The summed E-state index contributed by atoms with van der Waals surface area (Å²) in [6.07, 6.45) is -4.87. The number of nitrogens with one attached hydrogen (secondary N) is 1. The Bertz CT molecular complexity index is 1580. The lowest BCUT2D eigenvalue weighted by Gasteiger charge is -2.26. The molecule has 0 unspecified atom stereocenters. The summed E-state index contributed by atoms with van der Waals surface area (Å²) in [4.78, 5) is 12.7. The van der Waals surface area contributed by atoms with Crippen molar-refractivity contribution < 1.29 is 39.5 Å². The highest BCUT2D eigenvalue weighted by molar-refractivity contribution is 7.92.